The molecule has 0 aliphatic carbocycles. The zero-order valence-corrected chi connectivity index (χ0v) is 7.65. The van der Waals surface area contributed by atoms with Gasteiger partial charge in [0.05, 0.1) is 13.2 Å². The Morgan fingerprint density at radius 3 is 2.57 bits per heavy atom. The summed E-state index contributed by atoms with van der Waals surface area (Å²) in [6, 6.07) is 0. The first-order valence-electron chi connectivity index (χ1n) is 4.65. The minimum absolute atomic E-state index is 0.0993. The molecule has 7 fully saturated rings. The topological polar surface area (TPSA) is 58.7 Å². The third-order valence-electron chi connectivity index (χ3n) is 3.02. The molecule has 6 heteroatoms. The van der Waals surface area contributed by atoms with Gasteiger partial charge in [-0.25, -0.2) is 0 Å². The molecule has 7 heterocycles. The van der Waals surface area contributed by atoms with Crippen molar-refractivity contribution in [3.05, 3.63) is 0 Å². The van der Waals surface area contributed by atoms with Gasteiger partial charge in [-0.1, -0.05) is 0 Å². The van der Waals surface area contributed by atoms with Crippen LogP contribution in [0.15, 0.2) is 0 Å². The van der Waals surface area contributed by atoms with E-state index in [1.165, 1.54) is 0 Å². The van der Waals surface area contributed by atoms with E-state index in [0.717, 1.165) is 0 Å². The first-order chi connectivity index (χ1) is 6.66. The fraction of sp³-hybridized carbons (Fsp3) is 1.00. The number of ether oxygens (including phenoxy) is 6. The molecular formula is C8H10O6. The smallest absolute Gasteiger partial charge is 0.335 e. The summed E-state index contributed by atoms with van der Waals surface area (Å²) in [5.41, 5.74) is 0. The molecule has 14 heavy (non-hydrogen) atoms. The van der Waals surface area contributed by atoms with Crippen LogP contribution in [0.4, 0.5) is 0 Å². The molecule has 78 valence electrons. The van der Waals surface area contributed by atoms with Crippen molar-refractivity contribution in [2.75, 3.05) is 19.8 Å². The fourth-order valence-electron chi connectivity index (χ4n) is 2.12. The van der Waals surface area contributed by atoms with Gasteiger partial charge in [0.15, 0.2) is 0 Å². The summed E-state index contributed by atoms with van der Waals surface area (Å²) in [4.78, 5) is 0. The van der Waals surface area contributed by atoms with Crippen LogP contribution in [0.2, 0.25) is 0 Å². The summed E-state index contributed by atoms with van der Waals surface area (Å²) in [6.07, 6.45) is -1.47. The Balaban J connectivity index is 1.80. The monoisotopic (exact) mass is 202 g/mol. The van der Waals surface area contributed by atoms with Crippen LogP contribution in [0.5, 0.6) is 0 Å². The quantitative estimate of drug-likeness (QED) is 0.495. The molecule has 2 unspecified atom stereocenters. The van der Waals surface area contributed by atoms with Crippen LogP contribution in [-0.2, 0) is 28.4 Å². The van der Waals surface area contributed by atoms with E-state index in [9.17, 15) is 0 Å². The summed E-state index contributed by atoms with van der Waals surface area (Å²) in [5.74, 6) is -1.53. The molecule has 7 aliphatic rings. The van der Waals surface area contributed by atoms with E-state index < -0.39 is 17.7 Å². The highest BCUT2D eigenvalue weighted by atomic mass is 17.1. The molecule has 0 radical (unpaired) electrons. The van der Waals surface area contributed by atoms with Crippen molar-refractivity contribution in [1.82, 2.24) is 0 Å². The second-order valence-electron chi connectivity index (χ2n) is 4.05. The highest BCUT2D eigenvalue weighted by Crippen LogP contribution is 2.58. The molecular weight excluding hydrogens is 192 g/mol. The van der Waals surface area contributed by atoms with Gasteiger partial charge in [0.25, 0.3) is 5.79 Å². The highest BCUT2D eigenvalue weighted by molar-refractivity contribution is 5.05. The van der Waals surface area contributed by atoms with Crippen LogP contribution in [0.1, 0.15) is 6.92 Å². The van der Waals surface area contributed by atoms with E-state index >= 15 is 0 Å². The third kappa shape index (κ3) is 0.745. The summed E-state index contributed by atoms with van der Waals surface area (Å²) in [5, 5.41) is 0. The molecule has 2 spiro atoms. The maximum absolute atomic E-state index is 5.70. The van der Waals surface area contributed by atoms with Gasteiger partial charge in [-0.05, 0) is 6.92 Å². The lowest BCUT2D eigenvalue weighted by Gasteiger charge is -2.45. The van der Waals surface area contributed by atoms with Crippen molar-refractivity contribution in [3.63, 3.8) is 0 Å². The van der Waals surface area contributed by atoms with Gasteiger partial charge in [0.1, 0.15) is 12.7 Å². The normalized spacial score (nSPS) is 64.5. The molecule has 3 bridgehead atoms. The lowest BCUT2D eigenvalue weighted by Crippen LogP contribution is -2.63. The van der Waals surface area contributed by atoms with Gasteiger partial charge in [-0.3, -0.25) is 9.47 Å². The Labute approximate surface area is 80.0 Å². The first-order valence-corrected chi connectivity index (χ1v) is 4.65. The van der Waals surface area contributed by atoms with Crippen LogP contribution >= 0.6 is 0 Å². The van der Waals surface area contributed by atoms with Crippen molar-refractivity contribution < 1.29 is 28.4 Å². The fourth-order valence-corrected chi connectivity index (χ4v) is 2.12. The zero-order valence-electron chi connectivity index (χ0n) is 7.65. The van der Waals surface area contributed by atoms with Crippen LogP contribution in [-0.4, -0.2) is 43.7 Å². The van der Waals surface area contributed by atoms with Crippen LogP contribution in [0.3, 0.4) is 0 Å². The largest absolute Gasteiger partial charge is 0.415 e. The van der Waals surface area contributed by atoms with E-state index in [0.29, 0.717) is 13.2 Å². The van der Waals surface area contributed by atoms with Crippen molar-refractivity contribution in [1.29, 1.82) is 0 Å². The predicted octanol–water partition coefficient (Wildman–Crippen LogP) is -0.467. The van der Waals surface area contributed by atoms with Crippen LogP contribution < -0.4 is 0 Å². The molecule has 6 nitrogen and oxygen atoms in total. The molecule has 7 rings (SSSR count). The maximum Gasteiger partial charge on any atom is 0.415 e. The summed E-state index contributed by atoms with van der Waals surface area (Å²) in [6.45, 7) is 2.88. The lowest BCUT2D eigenvalue weighted by molar-refractivity contribution is -0.567. The average Bonchev–Trinajstić information content (AvgIpc) is 2.68. The van der Waals surface area contributed by atoms with Crippen molar-refractivity contribution in [2.24, 2.45) is 0 Å². The van der Waals surface area contributed by atoms with E-state index in [1.54, 1.807) is 6.92 Å². The molecule has 0 amide bonds. The van der Waals surface area contributed by atoms with E-state index in [2.05, 4.69) is 0 Å². The van der Waals surface area contributed by atoms with Crippen molar-refractivity contribution >= 4 is 0 Å². The number of hydrogen-bond donors (Lipinski definition) is 0. The molecule has 7 saturated heterocycles. The Kier molecular flexibility index (Phi) is 1.14. The second-order valence-corrected chi connectivity index (χ2v) is 4.05. The minimum atomic E-state index is -1.37. The minimum Gasteiger partial charge on any atom is -0.335 e. The molecule has 0 aromatic carbocycles. The Morgan fingerprint density at radius 2 is 1.86 bits per heavy atom. The number of epoxide rings is 1. The van der Waals surface area contributed by atoms with Gasteiger partial charge in [0.2, 0.25) is 5.79 Å². The van der Waals surface area contributed by atoms with Crippen LogP contribution in [0, 0.1) is 0 Å². The van der Waals surface area contributed by atoms with E-state index in [4.69, 9.17) is 28.4 Å². The summed E-state index contributed by atoms with van der Waals surface area (Å²) >= 11 is 0. The van der Waals surface area contributed by atoms with Crippen LogP contribution in [0.25, 0.3) is 0 Å². The van der Waals surface area contributed by atoms with Gasteiger partial charge in [-0.15, -0.1) is 0 Å². The maximum atomic E-state index is 5.70. The lowest BCUT2D eigenvalue weighted by atomic mass is 10.2. The molecule has 0 aromatic heterocycles. The highest BCUT2D eigenvalue weighted by Gasteiger charge is 2.80. The average molecular weight is 202 g/mol. The second kappa shape index (κ2) is 1.99. The van der Waals surface area contributed by atoms with Gasteiger partial charge < -0.3 is 18.9 Å². The first kappa shape index (κ1) is 7.98. The molecule has 2 atom stereocenters. The van der Waals surface area contributed by atoms with Gasteiger partial charge in [-0.2, -0.15) is 0 Å². The van der Waals surface area contributed by atoms with Crippen molar-refractivity contribution in [3.8, 4) is 0 Å². The third-order valence-corrected chi connectivity index (χ3v) is 3.02. The van der Waals surface area contributed by atoms with E-state index in [1.807, 2.05) is 0 Å². The molecule has 7 aliphatic heterocycles. The summed E-state index contributed by atoms with van der Waals surface area (Å²) < 4.78 is 32.7. The Bertz CT molecular complexity index is 298. The predicted molar refractivity (Wildman–Crippen MR) is 38.8 cm³/mol. The number of hydrogen-bond acceptors (Lipinski definition) is 6. The van der Waals surface area contributed by atoms with Gasteiger partial charge in [0, 0.05) is 0 Å². The zero-order chi connectivity index (χ0) is 9.44. The Morgan fingerprint density at radius 1 is 1.07 bits per heavy atom. The standard InChI is InChI=1S/C8H10O6/c1-6-7(13-6)4-11-8(14-6)9-2-5(12-7)3-10-8/h5H,2-4H2,1H3. The molecule has 0 aromatic rings. The summed E-state index contributed by atoms with van der Waals surface area (Å²) in [7, 11) is 0. The van der Waals surface area contributed by atoms with Gasteiger partial charge >= 0.3 is 6.16 Å². The number of rotatable bonds is 0. The SMILES string of the molecule is CC12OC34OCC(CO3)OC1(CO4)O2. The van der Waals surface area contributed by atoms with E-state index in [-0.39, 0.29) is 12.7 Å². The molecule has 0 saturated carbocycles. The molecule has 0 N–H and O–H groups in total. The Hall–Kier alpha value is -0.240. The van der Waals surface area contributed by atoms with Crippen molar-refractivity contribution in [2.45, 2.75) is 30.8 Å².